The topological polar surface area (TPSA) is 91.8 Å². The van der Waals surface area contributed by atoms with Crippen LogP contribution in [0.4, 0.5) is 20.4 Å². The highest BCUT2D eigenvalue weighted by molar-refractivity contribution is 8.00. The quantitative estimate of drug-likeness (QED) is 0.325. The monoisotopic (exact) mass is 508 g/mol. The van der Waals surface area contributed by atoms with E-state index >= 15 is 0 Å². The molecule has 36 heavy (non-hydrogen) atoms. The van der Waals surface area contributed by atoms with Gasteiger partial charge in [-0.25, -0.2) is 27.9 Å². The number of nitrogens with one attached hydrogen (secondary N) is 3. The molecule has 3 N–H and O–H groups in total. The second-order valence-corrected chi connectivity index (χ2v) is 11.0. The number of aromatic nitrogens is 3. The van der Waals surface area contributed by atoms with Gasteiger partial charge in [-0.1, -0.05) is 36.4 Å². The van der Waals surface area contributed by atoms with Crippen LogP contribution in [0, 0.1) is 5.82 Å². The number of rotatable bonds is 7. The van der Waals surface area contributed by atoms with Crippen LogP contribution in [0.5, 0.6) is 0 Å². The molecule has 5 rings (SSSR count). The Hall–Kier alpha value is -3.63. The summed E-state index contributed by atoms with van der Waals surface area (Å²) in [7, 11) is -2.79. The molecular weight excluding hydrogens is 482 g/mol. The number of benzene rings is 2. The predicted octanol–water partition coefficient (Wildman–Crippen LogP) is 4.19. The fourth-order valence-corrected chi connectivity index (χ4v) is 5.54. The van der Waals surface area contributed by atoms with Gasteiger partial charge in [0, 0.05) is 40.8 Å². The summed E-state index contributed by atoms with van der Waals surface area (Å²) in [4.78, 5) is 13.4. The summed E-state index contributed by atoms with van der Waals surface area (Å²) in [5.74, 6) is 3.80. The Labute approximate surface area is 208 Å². The summed E-state index contributed by atoms with van der Waals surface area (Å²) < 4.78 is 44.2. The summed E-state index contributed by atoms with van der Waals surface area (Å²) in [5.41, 5.74) is 3.24. The summed E-state index contributed by atoms with van der Waals surface area (Å²) in [6, 6.07) is 17.3. The van der Waals surface area contributed by atoms with Gasteiger partial charge in [-0.05, 0) is 35.7 Å². The summed E-state index contributed by atoms with van der Waals surface area (Å²) >= 11 is 0. The fourth-order valence-electron chi connectivity index (χ4n) is 4.17. The summed E-state index contributed by atoms with van der Waals surface area (Å²) in [6.07, 6.45) is 1.09. The molecule has 0 amide bonds. The van der Waals surface area contributed by atoms with Crippen LogP contribution in [0.3, 0.4) is 0 Å². The van der Waals surface area contributed by atoms with E-state index in [4.69, 9.17) is 0 Å². The van der Waals surface area contributed by atoms with E-state index in [-0.39, 0.29) is 17.5 Å². The lowest BCUT2D eigenvalue weighted by atomic mass is 10.1. The third-order valence-electron chi connectivity index (χ3n) is 5.87. The molecular formula is C26H26F2N6OS. The van der Waals surface area contributed by atoms with Crippen molar-refractivity contribution in [2.75, 3.05) is 23.1 Å². The summed E-state index contributed by atoms with van der Waals surface area (Å²) in [6.45, 7) is 1.01. The number of fused-ring (bicyclic) bond motifs is 1. The molecule has 1 unspecified atom stereocenters. The second kappa shape index (κ2) is 10.2. The third-order valence-corrected chi connectivity index (χ3v) is 7.26. The number of alkyl halides is 1. The van der Waals surface area contributed by atoms with Crippen LogP contribution < -0.4 is 15.4 Å². The van der Waals surface area contributed by atoms with Gasteiger partial charge in [-0.3, -0.25) is 0 Å². The normalized spacial score (nSPS) is 19.5. The molecule has 186 valence electrons. The molecule has 1 saturated heterocycles. The number of nitrogens with zero attached hydrogens (tertiary/aromatic N) is 3. The van der Waals surface area contributed by atoms with Crippen LogP contribution in [-0.4, -0.2) is 50.3 Å². The highest BCUT2D eigenvalue weighted by Gasteiger charge is 2.21. The van der Waals surface area contributed by atoms with E-state index in [1.165, 1.54) is 12.1 Å². The SMILES string of the molecule is C=S(=O)(Cc1ccccc1)Nc1ccc(-c2ccc3nc(N[C@@H]4CNC[C@@H](F)C4)ncc3n2)cc1F. The van der Waals surface area contributed by atoms with Crippen molar-refractivity contribution in [2.45, 2.75) is 24.4 Å². The zero-order valence-corrected chi connectivity index (χ0v) is 20.3. The van der Waals surface area contributed by atoms with Crippen LogP contribution in [0.15, 0.2) is 66.9 Å². The maximum Gasteiger partial charge on any atom is 0.223 e. The molecule has 4 aromatic rings. The molecule has 0 aliphatic carbocycles. The Balaban J connectivity index is 1.31. The lowest BCUT2D eigenvalue weighted by Crippen LogP contribution is -2.44. The third kappa shape index (κ3) is 5.77. The number of hydrogen-bond acceptors (Lipinski definition) is 6. The Kier molecular flexibility index (Phi) is 6.80. The maximum absolute atomic E-state index is 14.9. The Morgan fingerprint density at radius 3 is 2.67 bits per heavy atom. The van der Waals surface area contributed by atoms with Gasteiger partial charge in [0.1, 0.15) is 17.5 Å². The standard InChI is InChI=1S/C26H26F2N6OS/c1-36(35,16-17-5-3-2-4-6-17)34-23-8-7-18(11-21(23)28)22-9-10-24-25(32-22)15-30-26(33-24)31-20-12-19(27)13-29-14-20/h2-11,15,19-20,29H,1,12-14,16H2,(H,34,35)(H,30,31,33)/t19-,20-,36?/m0/s1. The van der Waals surface area contributed by atoms with E-state index in [1.807, 2.05) is 30.3 Å². The molecule has 0 saturated carbocycles. The first-order valence-electron chi connectivity index (χ1n) is 11.6. The van der Waals surface area contributed by atoms with Crippen LogP contribution in [0.1, 0.15) is 12.0 Å². The molecule has 1 fully saturated rings. The highest BCUT2D eigenvalue weighted by atomic mass is 32.2. The molecule has 2 aromatic carbocycles. The molecule has 0 spiro atoms. The first-order valence-corrected chi connectivity index (χ1v) is 13.5. The number of halogens is 2. The smallest absolute Gasteiger partial charge is 0.223 e. The number of pyridine rings is 1. The first kappa shape index (κ1) is 24.1. The van der Waals surface area contributed by atoms with Gasteiger partial charge >= 0.3 is 0 Å². The molecule has 10 heteroatoms. The van der Waals surface area contributed by atoms with Gasteiger partial charge in [0.2, 0.25) is 5.95 Å². The van der Waals surface area contributed by atoms with Crippen molar-refractivity contribution in [3.05, 3.63) is 78.2 Å². The molecule has 2 aromatic heterocycles. The van der Waals surface area contributed by atoms with Crippen LogP contribution >= 0.6 is 0 Å². The second-order valence-electron chi connectivity index (χ2n) is 8.87. The van der Waals surface area contributed by atoms with Crippen LogP contribution in [0.25, 0.3) is 22.3 Å². The Morgan fingerprint density at radius 2 is 1.89 bits per heavy atom. The first-order chi connectivity index (χ1) is 17.3. The van der Waals surface area contributed by atoms with Gasteiger partial charge in [-0.2, -0.15) is 0 Å². The molecule has 0 radical (unpaired) electrons. The van der Waals surface area contributed by atoms with Crippen molar-refractivity contribution in [3.63, 3.8) is 0 Å². The zero-order chi connectivity index (χ0) is 25.1. The Morgan fingerprint density at radius 1 is 1.06 bits per heavy atom. The molecule has 1 aliphatic rings. The van der Waals surface area contributed by atoms with Gasteiger partial charge in [0.25, 0.3) is 0 Å². The minimum atomic E-state index is -2.79. The minimum absolute atomic E-state index is 0.0887. The van der Waals surface area contributed by atoms with Gasteiger partial charge in [0.05, 0.1) is 28.8 Å². The van der Waals surface area contributed by atoms with E-state index in [2.05, 4.69) is 36.2 Å². The van der Waals surface area contributed by atoms with Crippen molar-refractivity contribution in [2.24, 2.45) is 0 Å². The predicted molar refractivity (Wildman–Crippen MR) is 142 cm³/mol. The van der Waals surface area contributed by atoms with Crippen molar-refractivity contribution in [3.8, 4) is 11.3 Å². The van der Waals surface area contributed by atoms with E-state index in [1.54, 1.807) is 24.4 Å². The lowest BCUT2D eigenvalue weighted by molar-refractivity contribution is 0.254. The molecule has 7 nitrogen and oxygen atoms in total. The minimum Gasteiger partial charge on any atom is -0.350 e. The van der Waals surface area contributed by atoms with Gasteiger partial charge < -0.3 is 15.4 Å². The molecule has 3 atom stereocenters. The number of anilines is 2. The summed E-state index contributed by atoms with van der Waals surface area (Å²) in [5, 5.41) is 6.20. The molecule has 0 bridgehead atoms. The number of piperidine rings is 1. The lowest BCUT2D eigenvalue weighted by Gasteiger charge is -2.26. The average Bonchev–Trinajstić information content (AvgIpc) is 2.85. The molecule has 1 aliphatic heterocycles. The maximum atomic E-state index is 14.9. The van der Waals surface area contributed by atoms with Crippen LogP contribution in [-0.2, 0) is 15.5 Å². The highest BCUT2D eigenvalue weighted by Crippen LogP contribution is 2.26. The largest absolute Gasteiger partial charge is 0.350 e. The van der Waals surface area contributed by atoms with Crippen molar-refractivity contribution in [1.82, 2.24) is 20.3 Å². The van der Waals surface area contributed by atoms with E-state index in [0.717, 1.165) is 5.56 Å². The fraction of sp³-hybridized carbons (Fsp3) is 0.231. The Bertz CT molecular complexity index is 1480. The van der Waals surface area contributed by atoms with E-state index in [0.29, 0.717) is 47.7 Å². The van der Waals surface area contributed by atoms with Crippen molar-refractivity contribution >= 4 is 38.2 Å². The van der Waals surface area contributed by atoms with Crippen molar-refractivity contribution < 1.29 is 13.0 Å². The van der Waals surface area contributed by atoms with Gasteiger partial charge in [0.15, 0.2) is 0 Å². The van der Waals surface area contributed by atoms with Crippen molar-refractivity contribution in [1.29, 1.82) is 0 Å². The van der Waals surface area contributed by atoms with Gasteiger partial charge in [-0.15, -0.1) is 0 Å². The zero-order valence-electron chi connectivity index (χ0n) is 19.5. The van der Waals surface area contributed by atoms with E-state index < -0.39 is 21.7 Å². The van der Waals surface area contributed by atoms with E-state index in [9.17, 15) is 13.0 Å². The molecule has 3 heterocycles. The van der Waals surface area contributed by atoms with Crippen LogP contribution in [0.2, 0.25) is 0 Å². The number of hydrogen-bond donors (Lipinski definition) is 3. The average molecular weight is 509 g/mol.